The standard InChI is InChI=1S/C44H60N6O6.C4H5FO/c1-10-49-38-16-15-31(24-35(38)36(25-44(5,6)26-56-27-51)41(49)34-14-13-17-45-39(34)29(4)55-9)32-20-30(21-33(52)23-32)22-37(43(54)50-19-12-11-18-46-50)47-42(53)40(28(2)3)48(7)8;5-4-1-3(4)2-6/h13-17,20-21,23-24,27-29,37,40,46,52H,10-12,18-19,22,25-26H2,1-9H3,(H,47,53);2-4H,1H2. The number of nitrogens with zero attached hydrogens (tertiary/aromatic N) is 4. The number of phenolic OH excluding ortho intramolecular Hbond substituents is 1. The van der Waals surface area contributed by atoms with Crippen molar-refractivity contribution >= 4 is 35.5 Å². The molecule has 1 aliphatic carbocycles. The van der Waals surface area contributed by atoms with E-state index in [2.05, 4.69) is 60.3 Å². The summed E-state index contributed by atoms with van der Waals surface area (Å²) in [6.07, 6.45) is 4.51. The largest absolute Gasteiger partial charge is 0.508 e. The van der Waals surface area contributed by atoms with E-state index in [1.165, 1.54) is 0 Å². The van der Waals surface area contributed by atoms with Crippen LogP contribution in [-0.4, -0.2) is 108 Å². The molecule has 1 saturated heterocycles. The van der Waals surface area contributed by atoms with E-state index in [1.54, 1.807) is 30.4 Å². The maximum atomic E-state index is 14.0. The topological polar surface area (TPSA) is 155 Å². The molecule has 0 bridgehead atoms. The van der Waals surface area contributed by atoms with Gasteiger partial charge < -0.3 is 29.3 Å². The lowest BCUT2D eigenvalue weighted by Gasteiger charge is -2.33. The Labute approximate surface area is 365 Å². The van der Waals surface area contributed by atoms with E-state index in [9.17, 15) is 28.7 Å². The highest BCUT2D eigenvalue weighted by atomic mass is 19.1. The Balaban J connectivity index is 0.00000111. The minimum atomic E-state index is -0.849. The molecule has 2 fully saturated rings. The van der Waals surface area contributed by atoms with Crippen molar-refractivity contribution < 1.29 is 38.1 Å². The number of aldehydes is 1. The van der Waals surface area contributed by atoms with E-state index in [0.717, 1.165) is 62.9 Å². The van der Waals surface area contributed by atoms with Crippen LogP contribution in [0.3, 0.4) is 0 Å². The summed E-state index contributed by atoms with van der Waals surface area (Å²) in [5.41, 5.74) is 10.1. The second-order valence-corrected chi connectivity index (χ2v) is 17.8. The molecule has 2 aromatic heterocycles. The molecule has 2 aliphatic rings. The number of nitrogens with one attached hydrogen (secondary N) is 2. The lowest BCUT2D eigenvalue weighted by atomic mass is 9.84. The summed E-state index contributed by atoms with van der Waals surface area (Å²) < 4.78 is 24.9. The number of amides is 2. The quantitative estimate of drug-likeness (QED) is 0.0908. The van der Waals surface area contributed by atoms with Crippen LogP contribution in [0.25, 0.3) is 33.3 Å². The Bertz CT molecular complexity index is 2170. The van der Waals surface area contributed by atoms with Crippen LogP contribution >= 0.6 is 0 Å². The molecule has 14 heteroatoms. The number of aromatic hydroxyl groups is 1. The SMILES string of the molecule is CCn1c(-c2cccnc2C(C)OC)c(CC(C)(C)COC=O)c2cc(-c3cc(O)cc(CC(NC(=O)C(C(C)C)N(C)C)C(=O)N4CCCCN4)c3)ccc21.O=CC1CC1F. The highest BCUT2D eigenvalue weighted by Crippen LogP contribution is 2.42. The zero-order valence-corrected chi connectivity index (χ0v) is 37.7. The van der Waals surface area contributed by atoms with Gasteiger partial charge in [-0.3, -0.25) is 29.3 Å². The van der Waals surface area contributed by atoms with Crippen molar-refractivity contribution in [2.75, 3.05) is 40.9 Å². The summed E-state index contributed by atoms with van der Waals surface area (Å²) in [4.78, 5) is 55.1. The van der Waals surface area contributed by atoms with Gasteiger partial charge in [-0.1, -0.05) is 39.8 Å². The third kappa shape index (κ3) is 11.6. The molecule has 5 atom stereocenters. The van der Waals surface area contributed by atoms with Crippen LogP contribution in [0.15, 0.2) is 54.7 Å². The second-order valence-electron chi connectivity index (χ2n) is 17.8. The molecule has 3 heterocycles. The summed E-state index contributed by atoms with van der Waals surface area (Å²) in [5, 5.41) is 16.9. The number of rotatable bonds is 18. The molecular weight excluding hydrogens is 792 g/mol. The fourth-order valence-electron chi connectivity index (χ4n) is 8.43. The van der Waals surface area contributed by atoms with Gasteiger partial charge in [-0.25, -0.2) is 9.82 Å². The van der Waals surface area contributed by atoms with E-state index in [1.807, 2.05) is 51.9 Å². The lowest BCUT2D eigenvalue weighted by molar-refractivity contribution is -0.141. The number of carbonyl (C=O) groups excluding carboxylic acids is 4. The Hall–Kier alpha value is -5.18. The van der Waals surface area contributed by atoms with E-state index in [4.69, 9.17) is 14.5 Å². The third-order valence-electron chi connectivity index (χ3n) is 11.6. The fraction of sp³-hybridized carbons (Fsp3) is 0.521. The zero-order valence-electron chi connectivity index (χ0n) is 37.7. The first-order valence-electron chi connectivity index (χ1n) is 21.7. The molecule has 13 nitrogen and oxygen atoms in total. The number of ether oxygens (including phenoxy) is 2. The van der Waals surface area contributed by atoms with Crippen LogP contribution in [0.5, 0.6) is 5.75 Å². The maximum absolute atomic E-state index is 14.0. The minimum Gasteiger partial charge on any atom is -0.508 e. The molecule has 2 amide bonds. The highest BCUT2D eigenvalue weighted by molar-refractivity contribution is 5.95. The average molecular weight is 857 g/mol. The number of aromatic nitrogens is 2. The minimum absolute atomic E-state index is 0.0281. The number of hydrazine groups is 1. The predicted molar refractivity (Wildman–Crippen MR) is 239 cm³/mol. The van der Waals surface area contributed by atoms with Crippen molar-refractivity contribution in [2.24, 2.45) is 17.3 Å². The summed E-state index contributed by atoms with van der Waals surface area (Å²) in [6, 6.07) is 14.4. The molecule has 5 unspecified atom stereocenters. The van der Waals surface area contributed by atoms with E-state index < -0.39 is 23.7 Å². The zero-order chi connectivity index (χ0) is 45.3. The van der Waals surface area contributed by atoms with E-state index in [-0.39, 0.29) is 48.5 Å². The number of methoxy groups -OCH3 is 1. The van der Waals surface area contributed by atoms with Gasteiger partial charge in [0.15, 0.2) is 0 Å². The van der Waals surface area contributed by atoms with Crippen LogP contribution in [0.2, 0.25) is 0 Å². The number of likely N-dealkylation sites (N-methyl/N-ethyl adjacent to an activating group) is 1. The number of hydrogen-bond donors (Lipinski definition) is 3. The maximum Gasteiger partial charge on any atom is 0.293 e. The Kier molecular flexibility index (Phi) is 16.4. The normalized spacial score (nSPS) is 17.8. The number of benzene rings is 2. The van der Waals surface area contributed by atoms with E-state index >= 15 is 0 Å². The Morgan fingerprint density at radius 1 is 1.10 bits per heavy atom. The van der Waals surface area contributed by atoms with Gasteiger partial charge in [-0.05, 0) is 118 Å². The number of aryl methyl sites for hydroxylation is 1. The van der Waals surface area contributed by atoms with Crippen molar-refractivity contribution in [1.82, 2.24) is 30.2 Å². The molecule has 0 radical (unpaired) electrons. The van der Waals surface area contributed by atoms with E-state index in [0.29, 0.717) is 45.2 Å². The molecule has 1 aliphatic heterocycles. The van der Waals surface area contributed by atoms with Crippen LogP contribution < -0.4 is 10.7 Å². The van der Waals surface area contributed by atoms with Crippen molar-refractivity contribution in [3.05, 3.63) is 71.5 Å². The molecule has 3 N–H and O–H groups in total. The molecule has 336 valence electrons. The first-order chi connectivity index (χ1) is 29.5. The smallest absolute Gasteiger partial charge is 0.293 e. The van der Waals surface area contributed by atoms with Crippen molar-refractivity contribution in [2.45, 2.75) is 105 Å². The number of halogens is 1. The number of alkyl halides is 1. The van der Waals surface area contributed by atoms with Crippen molar-refractivity contribution in [3.8, 4) is 28.1 Å². The summed E-state index contributed by atoms with van der Waals surface area (Å²) in [7, 11) is 5.41. The first kappa shape index (κ1) is 47.9. The molecule has 0 spiro atoms. The highest BCUT2D eigenvalue weighted by Gasteiger charge is 2.37. The average Bonchev–Trinajstić information content (AvgIpc) is 3.90. The molecule has 62 heavy (non-hydrogen) atoms. The van der Waals surface area contributed by atoms with Gasteiger partial charge in [0.05, 0.1) is 30.1 Å². The van der Waals surface area contributed by atoms with Crippen LogP contribution in [0.4, 0.5) is 4.39 Å². The number of fused-ring (bicyclic) bond motifs is 1. The van der Waals surface area contributed by atoms with Crippen molar-refractivity contribution in [1.29, 1.82) is 0 Å². The predicted octanol–water partition coefficient (Wildman–Crippen LogP) is 6.83. The van der Waals surface area contributed by atoms with Gasteiger partial charge in [-0.2, -0.15) is 0 Å². The summed E-state index contributed by atoms with van der Waals surface area (Å²) >= 11 is 0. The number of hydrogen-bond acceptors (Lipinski definition) is 10. The van der Waals surface area contributed by atoms with Gasteiger partial charge in [0, 0.05) is 67.2 Å². The lowest BCUT2D eigenvalue weighted by Crippen LogP contribution is -2.58. The Morgan fingerprint density at radius 3 is 2.42 bits per heavy atom. The van der Waals surface area contributed by atoms with Gasteiger partial charge in [-0.15, -0.1) is 0 Å². The second kappa shape index (κ2) is 21.3. The van der Waals surface area contributed by atoms with Crippen LogP contribution in [0.1, 0.15) is 83.7 Å². The Morgan fingerprint density at radius 2 is 1.84 bits per heavy atom. The number of pyridine rings is 1. The van der Waals surface area contributed by atoms with Crippen LogP contribution in [-0.2, 0) is 48.0 Å². The molecule has 4 aromatic rings. The third-order valence-corrected chi connectivity index (χ3v) is 11.6. The van der Waals surface area contributed by atoms with Crippen LogP contribution in [0, 0.1) is 17.3 Å². The molecule has 1 saturated carbocycles. The number of phenols is 1. The van der Waals surface area contributed by atoms with Gasteiger partial charge >= 0.3 is 0 Å². The monoisotopic (exact) mass is 856 g/mol. The van der Waals surface area contributed by atoms with Gasteiger partial charge in [0.2, 0.25) is 5.91 Å². The molecule has 2 aromatic carbocycles. The molecular formula is C48H65FN6O7. The number of carbonyl (C=O) groups is 4. The first-order valence-corrected chi connectivity index (χ1v) is 21.7. The fourth-order valence-corrected chi connectivity index (χ4v) is 8.43. The van der Waals surface area contributed by atoms with Gasteiger partial charge in [0.1, 0.15) is 24.2 Å². The van der Waals surface area contributed by atoms with Gasteiger partial charge in [0.25, 0.3) is 12.4 Å². The summed E-state index contributed by atoms with van der Waals surface area (Å²) in [6.45, 7) is 14.9. The molecule has 6 rings (SSSR count). The van der Waals surface area contributed by atoms with Crippen molar-refractivity contribution in [3.63, 3.8) is 0 Å². The summed E-state index contributed by atoms with van der Waals surface area (Å²) in [5.74, 6) is -0.576.